The van der Waals surface area contributed by atoms with E-state index < -0.39 is 16.0 Å². The normalized spacial score (nSPS) is 18.1. The number of aromatic carboxylic acids is 1. The van der Waals surface area contributed by atoms with Crippen molar-refractivity contribution in [1.82, 2.24) is 0 Å². The summed E-state index contributed by atoms with van der Waals surface area (Å²) in [7, 11) is -3.74. The molecule has 0 bridgehead atoms. The van der Waals surface area contributed by atoms with Gasteiger partial charge in [0, 0.05) is 13.1 Å². The first kappa shape index (κ1) is 17.8. The van der Waals surface area contributed by atoms with Gasteiger partial charge in [-0.05, 0) is 48.4 Å². The summed E-state index contributed by atoms with van der Waals surface area (Å²) in [6.45, 7) is 3.80. The summed E-state index contributed by atoms with van der Waals surface area (Å²) in [4.78, 5) is 13.4. The SMILES string of the molecule is CC1CCCN(c2ccc(C(=O)O)cc2NS(=O)(=O)c2cccs2)C1. The number of piperidine rings is 1. The third kappa shape index (κ3) is 3.96. The van der Waals surface area contributed by atoms with Crippen LogP contribution < -0.4 is 9.62 Å². The van der Waals surface area contributed by atoms with Crippen LogP contribution in [0.4, 0.5) is 11.4 Å². The van der Waals surface area contributed by atoms with Crippen LogP contribution in [0.15, 0.2) is 39.9 Å². The fourth-order valence-electron chi connectivity index (χ4n) is 3.05. The number of benzene rings is 1. The highest BCUT2D eigenvalue weighted by Gasteiger charge is 2.23. The lowest BCUT2D eigenvalue weighted by Gasteiger charge is -2.34. The van der Waals surface area contributed by atoms with Gasteiger partial charge in [0.15, 0.2) is 0 Å². The second kappa shape index (κ2) is 7.05. The number of carbonyl (C=O) groups is 1. The molecule has 0 spiro atoms. The van der Waals surface area contributed by atoms with Gasteiger partial charge in [0.05, 0.1) is 16.9 Å². The van der Waals surface area contributed by atoms with Gasteiger partial charge in [-0.1, -0.05) is 13.0 Å². The van der Waals surface area contributed by atoms with Gasteiger partial charge < -0.3 is 10.0 Å². The quantitative estimate of drug-likeness (QED) is 0.829. The van der Waals surface area contributed by atoms with Gasteiger partial charge in [-0.2, -0.15) is 0 Å². The van der Waals surface area contributed by atoms with E-state index in [1.807, 2.05) is 0 Å². The molecule has 1 atom stereocenters. The highest BCUT2D eigenvalue weighted by Crippen LogP contribution is 2.33. The molecule has 1 saturated heterocycles. The van der Waals surface area contributed by atoms with Gasteiger partial charge >= 0.3 is 5.97 Å². The molecule has 1 aliphatic rings. The van der Waals surface area contributed by atoms with Gasteiger partial charge in [-0.3, -0.25) is 4.72 Å². The summed E-state index contributed by atoms with van der Waals surface area (Å²) in [5, 5.41) is 10.9. The fraction of sp³-hybridized carbons (Fsp3) is 0.353. The molecule has 0 radical (unpaired) electrons. The summed E-state index contributed by atoms with van der Waals surface area (Å²) in [6.07, 6.45) is 2.17. The number of rotatable bonds is 5. The van der Waals surface area contributed by atoms with Crippen LogP contribution in [-0.4, -0.2) is 32.6 Å². The van der Waals surface area contributed by atoms with Gasteiger partial charge in [0.2, 0.25) is 0 Å². The highest BCUT2D eigenvalue weighted by atomic mass is 32.2. The molecule has 0 saturated carbocycles. The van der Waals surface area contributed by atoms with E-state index in [0.717, 1.165) is 43.0 Å². The van der Waals surface area contributed by atoms with Crippen molar-refractivity contribution in [3.63, 3.8) is 0 Å². The van der Waals surface area contributed by atoms with Crippen molar-refractivity contribution >= 4 is 38.7 Å². The van der Waals surface area contributed by atoms with Crippen molar-refractivity contribution in [3.05, 3.63) is 41.3 Å². The summed E-state index contributed by atoms with van der Waals surface area (Å²) in [6, 6.07) is 7.78. The molecular formula is C17H20N2O4S2. The average Bonchev–Trinajstić information content (AvgIpc) is 3.10. The molecule has 134 valence electrons. The predicted octanol–water partition coefficient (Wildman–Crippen LogP) is 3.48. The number of anilines is 2. The third-order valence-electron chi connectivity index (χ3n) is 4.25. The number of hydrogen-bond acceptors (Lipinski definition) is 5. The maximum atomic E-state index is 12.6. The third-order valence-corrected chi connectivity index (χ3v) is 7.01. The first-order chi connectivity index (χ1) is 11.9. The molecule has 3 rings (SSSR count). The zero-order valence-corrected chi connectivity index (χ0v) is 15.4. The maximum Gasteiger partial charge on any atom is 0.335 e. The van der Waals surface area contributed by atoms with Gasteiger partial charge in [0.25, 0.3) is 10.0 Å². The van der Waals surface area contributed by atoms with E-state index in [9.17, 15) is 18.3 Å². The minimum absolute atomic E-state index is 0.0534. The van der Waals surface area contributed by atoms with E-state index >= 15 is 0 Å². The molecule has 1 aromatic carbocycles. The molecular weight excluding hydrogens is 360 g/mol. The number of nitrogens with zero attached hydrogens (tertiary/aromatic N) is 1. The molecule has 0 aliphatic carbocycles. The van der Waals surface area contributed by atoms with Crippen LogP contribution in [0.3, 0.4) is 0 Å². The summed E-state index contributed by atoms with van der Waals surface area (Å²) in [5.74, 6) is -0.579. The Morgan fingerprint density at radius 2 is 2.16 bits per heavy atom. The van der Waals surface area contributed by atoms with Crippen molar-refractivity contribution in [3.8, 4) is 0 Å². The number of hydrogen-bond donors (Lipinski definition) is 2. The van der Waals surface area contributed by atoms with Crippen LogP contribution in [0.5, 0.6) is 0 Å². The molecule has 1 unspecified atom stereocenters. The largest absolute Gasteiger partial charge is 0.478 e. The van der Waals surface area contributed by atoms with Crippen molar-refractivity contribution < 1.29 is 18.3 Å². The van der Waals surface area contributed by atoms with E-state index in [2.05, 4.69) is 16.5 Å². The highest BCUT2D eigenvalue weighted by molar-refractivity contribution is 7.94. The number of carboxylic acids is 1. The van der Waals surface area contributed by atoms with E-state index in [-0.39, 0.29) is 9.77 Å². The number of carboxylic acid groups (broad SMARTS) is 1. The van der Waals surface area contributed by atoms with Crippen LogP contribution in [0, 0.1) is 5.92 Å². The van der Waals surface area contributed by atoms with Crippen molar-refractivity contribution in [2.75, 3.05) is 22.7 Å². The Bertz CT molecular complexity index is 863. The Hall–Kier alpha value is -2.06. The second-order valence-electron chi connectivity index (χ2n) is 6.27. The molecule has 1 fully saturated rings. The molecule has 0 amide bonds. The van der Waals surface area contributed by atoms with Gasteiger partial charge in [-0.25, -0.2) is 13.2 Å². The Morgan fingerprint density at radius 1 is 1.36 bits per heavy atom. The number of nitrogens with one attached hydrogen (secondary N) is 1. The summed E-state index contributed by atoms with van der Waals surface area (Å²) < 4.78 is 27.9. The molecule has 1 aromatic heterocycles. The number of sulfonamides is 1. The van der Waals surface area contributed by atoms with Gasteiger partial charge in [0.1, 0.15) is 4.21 Å². The lowest BCUT2D eigenvalue weighted by Crippen LogP contribution is -2.35. The maximum absolute atomic E-state index is 12.6. The molecule has 8 heteroatoms. The van der Waals surface area contributed by atoms with Crippen molar-refractivity contribution in [1.29, 1.82) is 0 Å². The molecule has 1 aliphatic heterocycles. The zero-order valence-electron chi connectivity index (χ0n) is 13.8. The van der Waals surface area contributed by atoms with Crippen LogP contribution in [0.1, 0.15) is 30.1 Å². The Morgan fingerprint density at radius 3 is 2.80 bits per heavy atom. The first-order valence-corrected chi connectivity index (χ1v) is 10.4. The van der Waals surface area contributed by atoms with Crippen molar-refractivity contribution in [2.24, 2.45) is 5.92 Å². The monoisotopic (exact) mass is 380 g/mol. The topological polar surface area (TPSA) is 86.7 Å². The molecule has 2 N–H and O–H groups in total. The van der Waals surface area contributed by atoms with Crippen LogP contribution >= 0.6 is 11.3 Å². The smallest absolute Gasteiger partial charge is 0.335 e. The molecule has 6 nitrogen and oxygen atoms in total. The average molecular weight is 380 g/mol. The van der Waals surface area contributed by atoms with Crippen LogP contribution in [-0.2, 0) is 10.0 Å². The lowest BCUT2D eigenvalue weighted by molar-refractivity contribution is 0.0697. The minimum atomic E-state index is -3.74. The van der Waals surface area contributed by atoms with Gasteiger partial charge in [-0.15, -0.1) is 11.3 Å². The van der Waals surface area contributed by atoms with E-state index in [4.69, 9.17) is 0 Å². The Kier molecular flexibility index (Phi) is 5.01. The molecule has 25 heavy (non-hydrogen) atoms. The van der Waals surface area contributed by atoms with Crippen LogP contribution in [0.2, 0.25) is 0 Å². The van der Waals surface area contributed by atoms with E-state index in [1.54, 1.807) is 17.5 Å². The number of thiophene rings is 1. The Balaban J connectivity index is 2.00. The lowest BCUT2D eigenvalue weighted by atomic mass is 9.99. The summed E-state index contributed by atoms with van der Waals surface area (Å²) in [5.41, 5.74) is 1.08. The minimum Gasteiger partial charge on any atom is -0.478 e. The van der Waals surface area contributed by atoms with E-state index in [0.29, 0.717) is 11.6 Å². The fourth-order valence-corrected chi connectivity index (χ4v) is 5.10. The van der Waals surface area contributed by atoms with Crippen LogP contribution in [0.25, 0.3) is 0 Å². The molecule has 2 aromatic rings. The van der Waals surface area contributed by atoms with Crippen molar-refractivity contribution in [2.45, 2.75) is 24.0 Å². The first-order valence-electron chi connectivity index (χ1n) is 8.05. The van der Waals surface area contributed by atoms with E-state index in [1.165, 1.54) is 18.2 Å². The zero-order chi connectivity index (χ0) is 18.0. The Labute approximate surface area is 151 Å². The molecule has 2 heterocycles. The second-order valence-corrected chi connectivity index (χ2v) is 9.13. The predicted molar refractivity (Wildman–Crippen MR) is 99.1 cm³/mol. The standard InChI is InChI=1S/C17H20N2O4S2/c1-12-4-2-8-19(11-12)15-7-6-13(17(20)21)10-14(15)18-25(22,23)16-5-3-9-24-16/h3,5-7,9-10,12,18H,2,4,8,11H2,1H3,(H,20,21). The summed E-state index contributed by atoms with van der Waals surface area (Å²) >= 11 is 1.12.